The molecule has 0 aromatic heterocycles. The Balaban J connectivity index is -0.0000000655. The zero-order valence-corrected chi connectivity index (χ0v) is 8.75. The third kappa shape index (κ3) is 88.3. The van der Waals surface area contributed by atoms with Gasteiger partial charge in [-0.05, 0) is 0 Å². The summed E-state index contributed by atoms with van der Waals surface area (Å²) < 4.78 is 0. The van der Waals surface area contributed by atoms with Crippen molar-refractivity contribution in [1.82, 2.24) is 0 Å². The summed E-state index contributed by atoms with van der Waals surface area (Å²) in [6.45, 7) is 0. The van der Waals surface area contributed by atoms with Crippen molar-refractivity contribution < 1.29 is 60.1 Å². The van der Waals surface area contributed by atoms with Crippen LogP contribution in [0.25, 0.3) is 0 Å². The highest BCUT2D eigenvalue weighted by molar-refractivity contribution is 6.92. The largest absolute Gasteiger partial charge is 0.537 e. The highest BCUT2D eigenvalue weighted by Crippen LogP contribution is 1.60. The van der Waals surface area contributed by atoms with Gasteiger partial charge in [0.1, 0.15) is 0 Å². The molecule has 1 unspecified atom stereocenters. The van der Waals surface area contributed by atoms with Gasteiger partial charge in [-0.1, -0.05) is 0 Å². The molecule has 12 nitrogen and oxygen atoms in total. The first kappa shape index (κ1) is 23.7. The Morgan fingerprint density at radius 1 is 0.625 bits per heavy atom. The molecule has 16 heavy (non-hydrogen) atoms. The van der Waals surface area contributed by atoms with E-state index in [-0.39, 0.29) is 9.90 Å². The second kappa shape index (κ2) is 18.8. The normalized spacial score (nSPS) is 6.19. The fourth-order valence-electron chi connectivity index (χ4n) is 0. The number of carboxylic acid groups (broad SMARTS) is 3. The minimum Gasteiger partial charge on any atom is -0.448 e. The average molecular weight is 268 g/mol. The molecule has 0 heterocycles. The second-order valence-electron chi connectivity index (χ2n) is 1.07. The summed E-state index contributed by atoms with van der Waals surface area (Å²) in [6, 6.07) is 0. The fraction of sp³-hybridized carbons (Fsp3) is 0. The minimum absolute atomic E-state index is 0. The Hall–Kier alpha value is -1.88. The highest BCUT2D eigenvalue weighted by Gasteiger charge is 1.85. The van der Waals surface area contributed by atoms with Crippen molar-refractivity contribution in [3.05, 3.63) is 0 Å². The minimum atomic E-state index is -1.69. The van der Waals surface area contributed by atoms with Gasteiger partial charge < -0.3 is 15.3 Å². The number of carbonyl (C=O) groups is 3. The van der Waals surface area contributed by atoms with Crippen molar-refractivity contribution in [2.75, 3.05) is 0 Å². The average Bonchev–Trinajstić information content (AvgIpc) is 2.19. The third-order valence-electron chi connectivity index (χ3n) is 0.234. The maximum absolute atomic E-state index is 8.90. The quantitative estimate of drug-likeness (QED) is 0.154. The maximum Gasteiger partial charge on any atom is 0.537 e. The SMILES string of the molecule is O=C(O)OO.O=C(O)OO.O=C(O)OO.P. The van der Waals surface area contributed by atoms with Gasteiger partial charge in [-0.2, -0.15) is 25.7 Å². The Morgan fingerprint density at radius 2 is 0.688 bits per heavy atom. The van der Waals surface area contributed by atoms with Crippen LogP contribution < -0.4 is 0 Å². The van der Waals surface area contributed by atoms with Crippen molar-refractivity contribution in [2.45, 2.75) is 0 Å². The predicted octanol–water partition coefficient (Wildman–Crippen LogP) is 0.520. The smallest absolute Gasteiger partial charge is 0.448 e. The van der Waals surface area contributed by atoms with Gasteiger partial charge in [-0.25, -0.2) is 14.4 Å². The zero-order valence-electron chi connectivity index (χ0n) is 7.34. The van der Waals surface area contributed by atoms with E-state index in [1.165, 1.54) is 0 Å². The summed E-state index contributed by atoms with van der Waals surface area (Å²) in [5, 5.41) is 42.9. The molecule has 0 aromatic rings. The van der Waals surface area contributed by atoms with Crippen LogP contribution in [-0.2, 0) is 14.7 Å². The van der Waals surface area contributed by atoms with E-state index in [1.54, 1.807) is 0 Å². The van der Waals surface area contributed by atoms with Crippen LogP contribution in [0.2, 0.25) is 0 Å². The van der Waals surface area contributed by atoms with Crippen LogP contribution in [0.15, 0.2) is 0 Å². The molecule has 0 amide bonds. The van der Waals surface area contributed by atoms with Gasteiger partial charge in [0.25, 0.3) is 0 Å². The molecule has 0 saturated heterocycles. The van der Waals surface area contributed by atoms with Crippen LogP contribution in [0.3, 0.4) is 0 Å². The van der Waals surface area contributed by atoms with Crippen LogP contribution in [0, 0.1) is 0 Å². The van der Waals surface area contributed by atoms with Crippen molar-refractivity contribution in [1.29, 1.82) is 0 Å². The van der Waals surface area contributed by atoms with Crippen LogP contribution in [0.5, 0.6) is 0 Å². The van der Waals surface area contributed by atoms with Crippen LogP contribution in [-0.4, -0.2) is 49.6 Å². The molecule has 0 spiro atoms. The molecule has 0 aromatic carbocycles. The molecule has 0 saturated carbocycles. The van der Waals surface area contributed by atoms with Gasteiger partial charge in [-0.15, -0.1) is 0 Å². The first-order valence-electron chi connectivity index (χ1n) is 2.44. The molecular formula is C3H9O12P. The van der Waals surface area contributed by atoms with Crippen LogP contribution in [0.4, 0.5) is 14.4 Å². The van der Waals surface area contributed by atoms with Gasteiger partial charge in [0, 0.05) is 0 Å². The molecule has 0 aliphatic rings. The molecule has 0 aliphatic carbocycles. The number of hydrogen-bond acceptors (Lipinski definition) is 9. The Labute approximate surface area is 89.6 Å². The van der Waals surface area contributed by atoms with E-state index in [9.17, 15) is 0 Å². The Kier molecular flexibility index (Phi) is 27.9. The number of rotatable bonds is 0. The second-order valence-corrected chi connectivity index (χ2v) is 1.07. The molecule has 0 bridgehead atoms. The molecule has 1 atom stereocenters. The highest BCUT2D eigenvalue weighted by atomic mass is 31.0. The van der Waals surface area contributed by atoms with E-state index < -0.39 is 18.5 Å². The van der Waals surface area contributed by atoms with Gasteiger partial charge in [0.2, 0.25) is 0 Å². The fourth-order valence-corrected chi connectivity index (χ4v) is 0. The first-order valence-corrected chi connectivity index (χ1v) is 2.44. The van der Waals surface area contributed by atoms with E-state index in [2.05, 4.69) is 14.7 Å². The molecular weight excluding hydrogens is 259 g/mol. The third-order valence-corrected chi connectivity index (χ3v) is 0.234. The standard InChI is InChI=1S/3CH2O4.H3P/c3*2-1(3)5-4;/h3*4H,(H,2,3);1H3. The van der Waals surface area contributed by atoms with Gasteiger partial charge in [0.05, 0.1) is 0 Å². The zero-order chi connectivity index (χ0) is 12.9. The number of hydrogen-bond donors (Lipinski definition) is 6. The van der Waals surface area contributed by atoms with Crippen molar-refractivity contribution in [3.63, 3.8) is 0 Å². The van der Waals surface area contributed by atoms with Crippen molar-refractivity contribution >= 4 is 28.4 Å². The van der Waals surface area contributed by atoms with E-state index in [1.807, 2.05) is 0 Å². The molecule has 13 heteroatoms. The lowest BCUT2D eigenvalue weighted by atomic mass is 11.5. The topological polar surface area (TPSA) is 200 Å². The molecule has 0 aliphatic heterocycles. The van der Waals surface area contributed by atoms with Crippen LogP contribution >= 0.6 is 9.90 Å². The van der Waals surface area contributed by atoms with Gasteiger partial charge in [0.15, 0.2) is 0 Å². The van der Waals surface area contributed by atoms with Crippen molar-refractivity contribution in [3.8, 4) is 0 Å². The molecule has 0 fully saturated rings. The lowest BCUT2D eigenvalue weighted by Crippen LogP contribution is -1.91. The summed E-state index contributed by atoms with van der Waals surface area (Å²) in [7, 11) is 0. The predicted molar refractivity (Wildman–Crippen MR) is 46.3 cm³/mol. The van der Waals surface area contributed by atoms with E-state index in [0.29, 0.717) is 0 Å². The monoisotopic (exact) mass is 268 g/mol. The Bertz CT molecular complexity index is 155. The maximum atomic E-state index is 8.90. The van der Waals surface area contributed by atoms with E-state index in [4.69, 9.17) is 45.5 Å². The van der Waals surface area contributed by atoms with Gasteiger partial charge in [-0.3, -0.25) is 14.7 Å². The first-order chi connectivity index (χ1) is 6.81. The Morgan fingerprint density at radius 3 is 0.688 bits per heavy atom. The summed E-state index contributed by atoms with van der Waals surface area (Å²) in [5.41, 5.74) is 0. The van der Waals surface area contributed by atoms with Gasteiger partial charge >= 0.3 is 18.5 Å². The molecule has 6 N–H and O–H groups in total. The summed E-state index contributed by atoms with van der Waals surface area (Å²) in [6.07, 6.45) is -5.07. The summed E-state index contributed by atoms with van der Waals surface area (Å²) in [5.74, 6) is 0. The lowest BCUT2D eigenvalue weighted by molar-refractivity contribution is -0.194. The lowest BCUT2D eigenvalue weighted by Gasteiger charge is -1.75. The van der Waals surface area contributed by atoms with Crippen molar-refractivity contribution in [2.24, 2.45) is 0 Å². The molecule has 98 valence electrons. The molecule has 0 radical (unpaired) electrons. The summed E-state index contributed by atoms with van der Waals surface area (Å²) >= 11 is 0. The van der Waals surface area contributed by atoms with E-state index in [0.717, 1.165) is 0 Å². The summed E-state index contributed by atoms with van der Waals surface area (Å²) in [4.78, 5) is 34.7. The molecule has 0 rings (SSSR count). The van der Waals surface area contributed by atoms with E-state index >= 15 is 0 Å². The van der Waals surface area contributed by atoms with Crippen LogP contribution in [0.1, 0.15) is 0 Å².